The second-order valence-corrected chi connectivity index (χ2v) is 8.87. The Kier molecular flexibility index (Phi) is 5.07. The Labute approximate surface area is 150 Å². The summed E-state index contributed by atoms with van der Waals surface area (Å²) in [7, 11) is -1.62. The standard InChI is InChI=1S/C16H19N3O4S2/c1-23-12-5-3-11(4-6-12)9-15(20)18-16-17-13-7-8-19(25(2,21)22)10-14(13)24-16/h3-6H,7-10H2,1-2H3,(H,17,18,20). The first-order valence-electron chi connectivity index (χ1n) is 7.71. The summed E-state index contributed by atoms with van der Waals surface area (Å²) in [6.45, 7) is 0.745. The van der Waals surface area contributed by atoms with E-state index in [4.69, 9.17) is 4.74 Å². The van der Waals surface area contributed by atoms with Crippen molar-refractivity contribution in [3.8, 4) is 5.75 Å². The average Bonchev–Trinajstić information content (AvgIpc) is 2.95. The van der Waals surface area contributed by atoms with Crippen LogP contribution in [0.3, 0.4) is 0 Å². The summed E-state index contributed by atoms with van der Waals surface area (Å²) in [6.07, 6.45) is 2.01. The first-order chi connectivity index (χ1) is 11.8. The number of benzene rings is 1. The number of methoxy groups -OCH3 is 1. The van der Waals surface area contributed by atoms with Gasteiger partial charge < -0.3 is 10.1 Å². The minimum Gasteiger partial charge on any atom is -0.497 e. The summed E-state index contributed by atoms with van der Waals surface area (Å²) in [5.41, 5.74) is 1.74. The normalized spacial score (nSPS) is 14.8. The molecule has 2 heterocycles. The molecule has 1 aliphatic rings. The van der Waals surface area contributed by atoms with Crippen LogP contribution in [0.4, 0.5) is 5.13 Å². The second kappa shape index (κ2) is 7.11. The number of carbonyl (C=O) groups is 1. The van der Waals surface area contributed by atoms with Crippen molar-refractivity contribution in [2.75, 3.05) is 25.2 Å². The smallest absolute Gasteiger partial charge is 0.230 e. The van der Waals surface area contributed by atoms with Gasteiger partial charge in [0.15, 0.2) is 5.13 Å². The number of sulfonamides is 1. The Morgan fingerprint density at radius 1 is 1.36 bits per heavy atom. The summed E-state index contributed by atoms with van der Waals surface area (Å²) in [5, 5.41) is 3.31. The molecule has 134 valence electrons. The van der Waals surface area contributed by atoms with Crippen LogP contribution < -0.4 is 10.1 Å². The van der Waals surface area contributed by atoms with Crippen molar-refractivity contribution in [3.05, 3.63) is 40.4 Å². The number of amides is 1. The van der Waals surface area contributed by atoms with Crippen LogP contribution in [0.2, 0.25) is 0 Å². The number of anilines is 1. The van der Waals surface area contributed by atoms with Gasteiger partial charge in [-0.3, -0.25) is 4.79 Å². The fourth-order valence-corrected chi connectivity index (χ4v) is 4.51. The van der Waals surface area contributed by atoms with E-state index < -0.39 is 10.0 Å². The van der Waals surface area contributed by atoms with Crippen molar-refractivity contribution in [2.24, 2.45) is 0 Å². The van der Waals surface area contributed by atoms with Crippen molar-refractivity contribution in [1.29, 1.82) is 0 Å². The molecule has 0 saturated heterocycles. The van der Waals surface area contributed by atoms with Crippen molar-refractivity contribution in [2.45, 2.75) is 19.4 Å². The van der Waals surface area contributed by atoms with E-state index in [2.05, 4.69) is 10.3 Å². The maximum absolute atomic E-state index is 12.2. The van der Waals surface area contributed by atoms with Gasteiger partial charge in [-0.1, -0.05) is 12.1 Å². The van der Waals surface area contributed by atoms with Crippen LogP contribution in [-0.4, -0.2) is 43.5 Å². The fourth-order valence-electron chi connectivity index (χ4n) is 2.60. The SMILES string of the molecule is COc1ccc(CC(=O)Nc2nc3c(s2)CN(S(C)(=O)=O)CC3)cc1. The Morgan fingerprint density at radius 2 is 2.08 bits per heavy atom. The van der Waals surface area contributed by atoms with Crippen LogP contribution in [-0.2, 0) is 34.2 Å². The van der Waals surface area contributed by atoms with Crippen LogP contribution in [0.15, 0.2) is 24.3 Å². The molecular weight excluding hydrogens is 362 g/mol. The molecule has 1 amide bonds. The lowest BCUT2D eigenvalue weighted by atomic mass is 10.1. The van der Waals surface area contributed by atoms with E-state index in [1.807, 2.05) is 24.3 Å². The Balaban J connectivity index is 1.64. The zero-order valence-electron chi connectivity index (χ0n) is 14.0. The number of nitrogens with zero attached hydrogens (tertiary/aromatic N) is 2. The molecule has 0 aliphatic carbocycles. The zero-order chi connectivity index (χ0) is 18.0. The summed E-state index contributed by atoms with van der Waals surface area (Å²) in [5.74, 6) is 0.587. The summed E-state index contributed by atoms with van der Waals surface area (Å²) in [4.78, 5) is 17.5. The molecule has 7 nitrogen and oxygen atoms in total. The van der Waals surface area contributed by atoms with Crippen molar-refractivity contribution in [3.63, 3.8) is 0 Å². The lowest BCUT2D eigenvalue weighted by Crippen LogP contribution is -2.34. The van der Waals surface area contributed by atoms with Gasteiger partial charge in [0.05, 0.1) is 25.5 Å². The fraction of sp³-hybridized carbons (Fsp3) is 0.375. The molecule has 0 spiro atoms. The van der Waals surface area contributed by atoms with Crippen LogP contribution in [0, 0.1) is 0 Å². The van der Waals surface area contributed by atoms with Crippen LogP contribution >= 0.6 is 11.3 Å². The van der Waals surface area contributed by atoms with Gasteiger partial charge >= 0.3 is 0 Å². The third kappa shape index (κ3) is 4.36. The van der Waals surface area contributed by atoms with Crippen molar-refractivity contribution >= 4 is 32.4 Å². The molecule has 2 aromatic rings. The summed E-state index contributed by atoms with van der Waals surface area (Å²) >= 11 is 1.33. The van der Waals surface area contributed by atoms with E-state index >= 15 is 0 Å². The molecule has 1 aliphatic heterocycles. The molecular formula is C16H19N3O4S2. The lowest BCUT2D eigenvalue weighted by molar-refractivity contribution is -0.115. The molecule has 1 aromatic heterocycles. The molecule has 0 bridgehead atoms. The highest BCUT2D eigenvalue weighted by Gasteiger charge is 2.26. The van der Waals surface area contributed by atoms with Gasteiger partial charge in [-0.05, 0) is 17.7 Å². The highest BCUT2D eigenvalue weighted by Crippen LogP contribution is 2.29. The number of aromatic nitrogens is 1. The maximum atomic E-state index is 12.2. The topological polar surface area (TPSA) is 88.6 Å². The quantitative estimate of drug-likeness (QED) is 0.851. The first-order valence-corrected chi connectivity index (χ1v) is 10.4. The van der Waals surface area contributed by atoms with Crippen molar-refractivity contribution < 1.29 is 17.9 Å². The molecule has 0 radical (unpaired) electrons. The molecule has 1 aromatic carbocycles. The van der Waals surface area contributed by atoms with Crippen LogP contribution in [0.25, 0.3) is 0 Å². The number of hydrogen-bond acceptors (Lipinski definition) is 6. The maximum Gasteiger partial charge on any atom is 0.230 e. The van der Waals surface area contributed by atoms with E-state index in [9.17, 15) is 13.2 Å². The molecule has 0 saturated carbocycles. The molecule has 1 N–H and O–H groups in total. The highest BCUT2D eigenvalue weighted by molar-refractivity contribution is 7.88. The number of fused-ring (bicyclic) bond motifs is 1. The largest absolute Gasteiger partial charge is 0.497 e. The van der Waals surface area contributed by atoms with Crippen LogP contribution in [0.1, 0.15) is 16.1 Å². The Morgan fingerprint density at radius 3 is 2.72 bits per heavy atom. The van der Waals surface area contributed by atoms with Gasteiger partial charge in [0.1, 0.15) is 5.75 Å². The van der Waals surface area contributed by atoms with Gasteiger partial charge in [0.25, 0.3) is 0 Å². The number of rotatable bonds is 5. The minimum atomic E-state index is -3.21. The molecule has 9 heteroatoms. The van der Waals surface area contributed by atoms with Gasteiger partial charge in [0.2, 0.25) is 15.9 Å². The van der Waals surface area contributed by atoms with Gasteiger partial charge in [0, 0.05) is 24.4 Å². The van der Waals surface area contributed by atoms with E-state index in [1.54, 1.807) is 7.11 Å². The van der Waals surface area contributed by atoms with Gasteiger partial charge in [-0.15, -0.1) is 11.3 Å². The minimum absolute atomic E-state index is 0.156. The number of nitrogens with one attached hydrogen (secondary N) is 1. The highest BCUT2D eigenvalue weighted by atomic mass is 32.2. The van der Waals surface area contributed by atoms with E-state index in [0.29, 0.717) is 24.6 Å². The molecule has 25 heavy (non-hydrogen) atoms. The summed E-state index contributed by atoms with van der Waals surface area (Å²) < 4.78 is 29.8. The van der Waals surface area contributed by atoms with E-state index in [-0.39, 0.29) is 12.3 Å². The van der Waals surface area contributed by atoms with E-state index in [0.717, 1.165) is 21.9 Å². The monoisotopic (exact) mass is 381 g/mol. The molecule has 0 unspecified atom stereocenters. The molecule has 3 rings (SSSR count). The molecule has 0 atom stereocenters. The van der Waals surface area contributed by atoms with Crippen molar-refractivity contribution in [1.82, 2.24) is 9.29 Å². The lowest BCUT2D eigenvalue weighted by Gasteiger charge is -2.23. The average molecular weight is 381 g/mol. The number of hydrogen-bond donors (Lipinski definition) is 1. The third-order valence-electron chi connectivity index (χ3n) is 3.94. The number of carbonyl (C=O) groups excluding carboxylic acids is 1. The second-order valence-electron chi connectivity index (χ2n) is 5.81. The third-order valence-corrected chi connectivity index (χ3v) is 6.18. The predicted octanol–water partition coefficient (Wildman–Crippen LogP) is 1.65. The number of ether oxygens (including phenoxy) is 1. The zero-order valence-corrected chi connectivity index (χ0v) is 15.6. The Hall–Kier alpha value is -1.97. The Bertz CT molecular complexity index is 875. The predicted molar refractivity (Wildman–Crippen MR) is 96.4 cm³/mol. The van der Waals surface area contributed by atoms with Gasteiger partial charge in [-0.2, -0.15) is 4.31 Å². The molecule has 0 fully saturated rings. The van der Waals surface area contributed by atoms with Gasteiger partial charge in [-0.25, -0.2) is 13.4 Å². The van der Waals surface area contributed by atoms with Crippen LogP contribution in [0.5, 0.6) is 5.75 Å². The first kappa shape index (κ1) is 17.8. The number of thiazole rings is 1. The van der Waals surface area contributed by atoms with E-state index in [1.165, 1.54) is 21.9 Å². The summed E-state index contributed by atoms with van der Waals surface area (Å²) in [6, 6.07) is 7.31.